The van der Waals surface area contributed by atoms with E-state index in [2.05, 4.69) is 10.2 Å². The summed E-state index contributed by atoms with van der Waals surface area (Å²) in [5, 5.41) is 8.20. The van der Waals surface area contributed by atoms with Crippen LogP contribution >= 0.6 is 0 Å². The molecule has 0 atom stereocenters. The predicted molar refractivity (Wildman–Crippen MR) is 71.4 cm³/mol. The molecule has 0 spiro atoms. The molecular formula is C12H12K2N2. The van der Waals surface area contributed by atoms with E-state index in [1.54, 1.807) is 0 Å². The van der Waals surface area contributed by atoms with Crippen molar-refractivity contribution in [3.05, 3.63) is 60.7 Å². The van der Waals surface area contributed by atoms with Gasteiger partial charge >= 0.3 is 103 Å². The Morgan fingerprint density at radius 3 is 1.12 bits per heavy atom. The van der Waals surface area contributed by atoms with Gasteiger partial charge in [-0.15, -0.1) is 0 Å². The van der Waals surface area contributed by atoms with Crippen molar-refractivity contribution >= 4 is 114 Å². The average Bonchev–Trinajstić information content (AvgIpc) is 2.29. The van der Waals surface area contributed by atoms with Crippen molar-refractivity contribution in [1.82, 2.24) is 0 Å². The molecule has 2 aromatic carbocycles. The molecule has 2 aromatic rings. The molecule has 0 aliphatic carbocycles. The minimum Gasteiger partial charge on any atom is -0.151 e. The summed E-state index contributed by atoms with van der Waals surface area (Å²) in [6.45, 7) is 0. The van der Waals surface area contributed by atoms with Crippen LogP contribution in [0.1, 0.15) is 0 Å². The number of nitrogens with zero attached hydrogens (tertiary/aromatic N) is 2. The third-order valence-electron chi connectivity index (χ3n) is 1.79. The fourth-order valence-corrected chi connectivity index (χ4v) is 1.10. The maximum Gasteiger partial charge on any atom is 0.0857 e. The predicted octanol–water partition coefficient (Wildman–Crippen LogP) is 2.81. The topological polar surface area (TPSA) is 24.7 Å². The Morgan fingerprint density at radius 2 is 0.812 bits per heavy atom. The van der Waals surface area contributed by atoms with Crippen LogP contribution in [0.5, 0.6) is 0 Å². The molecule has 0 aliphatic rings. The second-order valence-corrected chi connectivity index (χ2v) is 2.87. The quantitative estimate of drug-likeness (QED) is 0.587. The van der Waals surface area contributed by atoms with E-state index < -0.39 is 0 Å². The van der Waals surface area contributed by atoms with Crippen LogP contribution in [0.2, 0.25) is 0 Å². The zero-order valence-electron chi connectivity index (χ0n) is 7.67. The maximum absolute atomic E-state index is 4.10. The van der Waals surface area contributed by atoms with Crippen LogP contribution in [0.15, 0.2) is 70.9 Å². The largest absolute Gasteiger partial charge is 0.151 e. The van der Waals surface area contributed by atoms with Crippen molar-refractivity contribution in [3.63, 3.8) is 0 Å². The van der Waals surface area contributed by atoms with Gasteiger partial charge in [-0.3, -0.25) is 0 Å². The summed E-state index contributed by atoms with van der Waals surface area (Å²) in [6.07, 6.45) is 0. The zero-order valence-corrected chi connectivity index (χ0v) is 7.67. The van der Waals surface area contributed by atoms with Crippen LogP contribution in [0.3, 0.4) is 0 Å². The van der Waals surface area contributed by atoms with Crippen molar-refractivity contribution in [2.75, 3.05) is 0 Å². The molecule has 0 aliphatic heterocycles. The first kappa shape index (κ1) is 17.3. The van der Waals surface area contributed by atoms with Gasteiger partial charge in [0.1, 0.15) is 0 Å². The molecule has 2 nitrogen and oxygen atoms in total. The fourth-order valence-electron chi connectivity index (χ4n) is 1.10. The first-order valence-electron chi connectivity index (χ1n) is 4.47. The molecule has 16 heavy (non-hydrogen) atoms. The molecule has 0 aromatic heterocycles. The van der Waals surface area contributed by atoms with E-state index in [1.807, 2.05) is 60.7 Å². The summed E-state index contributed by atoms with van der Waals surface area (Å²) >= 11 is 0. The number of azo groups is 1. The van der Waals surface area contributed by atoms with Gasteiger partial charge in [-0.25, -0.2) is 0 Å². The van der Waals surface area contributed by atoms with Gasteiger partial charge < -0.3 is 0 Å². The Hall–Kier alpha value is 1.31. The van der Waals surface area contributed by atoms with Crippen molar-refractivity contribution in [2.45, 2.75) is 0 Å². The minimum atomic E-state index is 0. The third kappa shape index (κ3) is 6.30. The first-order valence-corrected chi connectivity index (χ1v) is 4.47. The normalized spacial score (nSPS) is 9.25. The summed E-state index contributed by atoms with van der Waals surface area (Å²) in [4.78, 5) is 0. The molecule has 0 heterocycles. The maximum atomic E-state index is 4.10. The van der Waals surface area contributed by atoms with E-state index in [0.29, 0.717) is 0 Å². The average molecular weight is 262 g/mol. The molecule has 72 valence electrons. The van der Waals surface area contributed by atoms with Gasteiger partial charge in [0.25, 0.3) is 0 Å². The molecule has 0 unspecified atom stereocenters. The van der Waals surface area contributed by atoms with Crippen LogP contribution in [0.25, 0.3) is 0 Å². The Bertz CT molecular complexity index is 374. The fraction of sp³-hybridized carbons (Fsp3) is 0. The van der Waals surface area contributed by atoms with E-state index in [0.717, 1.165) is 11.4 Å². The summed E-state index contributed by atoms with van der Waals surface area (Å²) in [5.41, 5.74) is 1.74. The molecule has 0 saturated carbocycles. The summed E-state index contributed by atoms with van der Waals surface area (Å²) in [6, 6.07) is 19.4. The smallest absolute Gasteiger partial charge is 0.0857 e. The summed E-state index contributed by atoms with van der Waals surface area (Å²) in [7, 11) is 0. The van der Waals surface area contributed by atoms with Gasteiger partial charge in [0.15, 0.2) is 0 Å². The molecule has 0 amide bonds. The first-order chi connectivity index (χ1) is 6.95. The summed E-state index contributed by atoms with van der Waals surface area (Å²) in [5.74, 6) is 0. The number of hydrogen-bond donors (Lipinski definition) is 0. The number of hydrogen-bond acceptors (Lipinski definition) is 2. The Labute approximate surface area is 181 Å². The van der Waals surface area contributed by atoms with Crippen LogP contribution in [-0.4, -0.2) is 103 Å². The van der Waals surface area contributed by atoms with Gasteiger partial charge in [0, 0.05) is 0 Å². The minimum absolute atomic E-state index is 0. The molecule has 0 saturated heterocycles. The molecule has 0 radical (unpaired) electrons. The third-order valence-corrected chi connectivity index (χ3v) is 1.79. The van der Waals surface area contributed by atoms with E-state index in [4.69, 9.17) is 0 Å². The van der Waals surface area contributed by atoms with Crippen LogP contribution in [0.4, 0.5) is 11.4 Å². The zero-order chi connectivity index (χ0) is 9.64. The monoisotopic (exact) mass is 262 g/mol. The van der Waals surface area contributed by atoms with E-state index in [-0.39, 0.29) is 103 Å². The van der Waals surface area contributed by atoms with Crippen molar-refractivity contribution in [2.24, 2.45) is 10.2 Å². The number of rotatable bonds is 2. The van der Waals surface area contributed by atoms with Crippen molar-refractivity contribution in [3.8, 4) is 0 Å². The SMILES string of the molecule is [KH].[KH].c1ccc(N=Nc2ccccc2)cc1. The van der Waals surface area contributed by atoms with Crippen molar-refractivity contribution < 1.29 is 0 Å². The molecule has 2 rings (SSSR count). The number of benzene rings is 2. The molecular weight excluding hydrogens is 250 g/mol. The molecule has 0 bridgehead atoms. The van der Waals surface area contributed by atoms with Gasteiger partial charge in [-0.2, -0.15) is 10.2 Å². The van der Waals surface area contributed by atoms with Gasteiger partial charge in [0.05, 0.1) is 11.4 Å². The molecule has 4 heteroatoms. The Morgan fingerprint density at radius 1 is 0.500 bits per heavy atom. The summed E-state index contributed by atoms with van der Waals surface area (Å²) < 4.78 is 0. The molecule has 0 N–H and O–H groups in total. The van der Waals surface area contributed by atoms with E-state index >= 15 is 0 Å². The van der Waals surface area contributed by atoms with Crippen molar-refractivity contribution in [1.29, 1.82) is 0 Å². The molecule has 0 fully saturated rings. The second-order valence-electron chi connectivity index (χ2n) is 2.87. The van der Waals surface area contributed by atoms with Crippen LogP contribution < -0.4 is 0 Å². The standard InChI is InChI=1S/C12H10N2.2K.2H/c1-3-7-11(8-4-1)13-14-12-9-5-2-6-10-12;;;;/h1-10H;;;;. The van der Waals surface area contributed by atoms with Gasteiger partial charge in [0.2, 0.25) is 0 Å². The van der Waals surface area contributed by atoms with Gasteiger partial charge in [-0.1, -0.05) is 36.4 Å². The Balaban J connectivity index is 0.00000112. The van der Waals surface area contributed by atoms with E-state index in [9.17, 15) is 0 Å². The van der Waals surface area contributed by atoms with E-state index in [1.165, 1.54) is 0 Å². The van der Waals surface area contributed by atoms with Crippen LogP contribution in [-0.2, 0) is 0 Å². The Kier molecular flexibility index (Phi) is 11.1. The van der Waals surface area contributed by atoms with Gasteiger partial charge in [-0.05, 0) is 24.3 Å². The van der Waals surface area contributed by atoms with Crippen LogP contribution in [0, 0.1) is 0 Å². The second kappa shape index (κ2) is 10.3.